The van der Waals surface area contributed by atoms with Crippen LogP contribution >= 0.6 is 0 Å². The fourth-order valence-corrected chi connectivity index (χ4v) is 3.27. The molecule has 0 spiro atoms. The van der Waals surface area contributed by atoms with E-state index in [1.54, 1.807) is 4.90 Å². The summed E-state index contributed by atoms with van der Waals surface area (Å²) in [7, 11) is 0. The van der Waals surface area contributed by atoms with Crippen LogP contribution in [0.1, 0.15) is 39.5 Å². The second-order valence-corrected chi connectivity index (χ2v) is 6.86. The van der Waals surface area contributed by atoms with E-state index in [0.29, 0.717) is 25.9 Å². The lowest BCUT2D eigenvalue weighted by atomic mass is 9.92. The lowest BCUT2D eigenvalue weighted by Gasteiger charge is -2.37. The van der Waals surface area contributed by atoms with Crippen molar-refractivity contribution in [3.8, 4) is 0 Å². The quantitative estimate of drug-likeness (QED) is 0.778. The Hall–Kier alpha value is -1.14. The van der Waals surface area contributed by atoms with E-state index in [0.717, 1.165) is 25.6 Å². The number of nitrogens with one attached hydrogen (secondary N) is 1. The van der Waals surface area contributed by atoms with Crippen LogP contribution in [0.15, 0.2) is 0 Å². The monoisotopic (exact) mass is 311 g/mol. The molecule has 2 fully saturated rings. The van der Waals surface area contributed by atoms with Crippen LogP contribution in [0.3, 0.4) is 0 Å². The molecule has 2 aliphatic heterocycles. The van der Waals surface area contributed by atoms with Crippen LogP contribution < -0.4 is 5.32 Å². The predicted molar refractivity (Wildman–Crippen MR) is 84.3 cm³/mol. The Kier molecular flexibility index (Phi) is 5.81. The van der Waals surface area contributed by atoms with E-state index in [1.807, 2.05) is 0 Å². The third-order valence-corrected chi connectivity index (χ3v) is 4.93. The number of hydrogen-bond acceptors (Lipinski definition) is 4. The maximum atomic E-state index is 12.3. The van der Waals surface area contributed by atoms with E-state index in [2.05, 4.69) is 17.1 Å². The first-order chi connectivity index (χ1) is 10.4. The van der Waals surface area contributed by atoms with Gasteiger partial charge in [0.05, 0.1) is 6.54 Å². The van der Waals surface area contributed by atoms with Crippen LogP contribution in [0.4, 0.5) is 0 Å². The fourth-order valence-electron chi connectivity index (χ4n) is 3.27. The molecule has 6 nitrogen and oxygen atoms in total. The Bertz CT molecular complexity index is 407. The lowest BCUT2D eigenvalue weighted by Crippen LogP contribution is -2.58. The number of rotatable bonds is 4. The van der Waals surface area contributed by atoms with Gasteiger partial charge in [-0.05, 0) is 44.7 Å². The Morgan fingerprint density at radius 3 is 2.59 bits per heavy atom. The Morgan fingerprint density at radius 2 is 1.95 bits per heavy atom. The highest BCUT2D eigenvalue weighted by molar-refractivity contribution is 5.86. The van der Waals surface area contributed by atoms with Gasteiger partial charge in [-0.1, -0.05) is 6.92 Å². The Balaban J connectivity index is 1.75. The molecule has 0 aromatic heterocycles. The van der Waals surface area contributed by atoms with Gasteiger partial charge in [0.15, 0.2) is 5.60 Å². The van der Waals surface area contributed by atoms with E-state index in [-0.39, 0.29) is 18.4 Å². The highest BCUT2D eigenvalue weighted by atomic mass is 16.3. The number of aliphatic hydroxyl groups is 1. The summed E-state index contributed by atoms with van der Waals surface area (Å²) in [6, 6.07) is 0. The van der Waals surface area contributed by atoms with Gasteiger partial charge in [0.25, 0.3) is 5.91 Å². The Labute approximate surface area is 132 Å². The zero-order chi connectivity index (χ0) is 16.2. The standard InChI is InChI=1S/C16H29N3O3/c1-13-4-9-18(10-5-13)11-7-17-15(21)16(22)6-3-8-19(12-16)14(2)20/h13,22H,3-12H2,1-2H3,(H,17,21)/t16-/m1/s1. The molecule has 0 aromatic carbocycles. The molecule has 0 saturated carbocycles. The summed E-state index contributed by atoms with van der Waals surface area (Å²) < 4.78 is 0. The second kappa shape index (κ2) is 7.42. The first-order valence-electron chi connectivity index (χ1n) is 8.39. The number of carbonyl (C=O) groups excluding carboxylic acids is 2. The van der Waals surface area contributed by atoms with E-state index >= 15 is 0 Å². The maximum absolute atomic E-state index is 12.3. The highest BCUT2D eigenvalue weighted by Gasteiger charge is 2.40. The summed E-state index contributed by atoms with van der Waals surface area (Å²) in [6.45, 7) is 8.02. The average molecular weight is 311 g/mol. The van der Waals surface area contributed by atoms with Crippen LogP contribution in [0.2, 0.25) is 0 Å². The van der Waals surface area contributed by atoms with Crippen molar-refractivity contribution >= 4 is 11.8 Å². The maximum Gasteiger partial charge on any atom is 0.253 e. The topological polar surface area (TPSA) is 72.9 Å². The van der Waals surface area contributed by atoms with Crippen molar-refractivity contribution in [3.63, 3.8) is 0 Å². The molecule has 0 aromatic rings. The summed E-state index contributed by atoms with van der Waals surface area (Å²) in [5.74, 6) is 0.364. The van der Waals surface area contributed by atoms with E-state index < -0.39 is 5.60 Å². The number of carbonyl (C=O) groups is 2. The van der Waals surface area contributed by atoms with Crippen LogP contribution in [-0.4, -0.2) is 71.6 Å². The predicted octanol–water partition coefficient (Wildman–Crippen LogP) is 0.208. The van der Waals surface area contributed by atoms with Crippen LogP contribution in [0, 0.1) is 5.92 Å². The minimum atomic E-state index is -1.43. The molecule has 2 amide bonds. The van der Waals surface area contributed by atoms with Crippen molar-refractivity contribution in [1.29, 1.82) is 0 Å². The average Bonchev–Trinajstić information content (AvgIpc) is 2.49. The van der Waals surface area contributed by atoms with Crippen LogP contribution in [0.5, 0.6) is 0 Å². The molecule has 0 radical (unpaired) electrons. The number of hydrogen-bond donors (Lipinski definition) is 2. The number of likely N-dealkylation sites (tertiary alicyclic amines) is 2. The molecule has 2 rings (SSSR count). The van der Waals surface area contributed by atoms with Crippen LogP contribution in [0.25, 0.3) is 0 Å². The Morgan fingerprint density at radius 1 is 1.27 bits per heavy atom. The van der Waals surface area contributed by atoms with Crippen molar-refractivity contribution in [2.75, 3.05) is 39.3 Å². The molecule has 2 heterocycles. The molecular weight excluding hydrogens is 282 g/mol. The first-order valence-corrected chi connectivity index (χ1v) is 8.39. The largest absolute Gasteiger partial charge is 0.378 e. The summed E-state index contributed by atoms with van der Waals surface area (Å²) in [5, 5.41) is 13.4. The molecule has 6 heteroatoms. The van der Waals surface area contributed by atoms with Gasteiger partial charge < -0.3 is 20.2 Å². The minimum Gasteiger partial charge on any atom is -0.378 e. The van der Waals surface area contributed by atoms with Gasteiger partial charge in [-0.2, -0.15) is 0 Å². The van der Waals surface area contributed by atoms with Gasteiger partial charge in [-0.15, -0.1) is 0 Å². The van der Waals surface area contributed by atoms with Crippen molar-refractivity contribution < 1.29 is 14.7 Å². The molecule has 0 unspecified atom stereocenters. The van der Waals surface area contributed by atoms with Crippen molar-refractivity contribution in [1.82, 2.24) is 15.1 Å². The summed E-state index contributed by atoms with van der Waals surface area (Å²) in [4.78, 5) is 27.6. The van der Waals surface area contributed by atoms with E-state index in [4.69, 9.17) is 0 Å². The zero-order valence-electron chi connectivity index (χ0n) is 13.8. The van der Waals surface area contributed by atoms with Gasteiger partial charge in [-0.3, -0.25) is 9.59 Å². The third kappa shape index (κ3) is 4.43. The summed E-state index contributed by atoms with van der Waals surface area (Å²) >= 11 is 0. The number of piperidine rings is 2. The molecule has 0 aliphatic carbocycles. The molecule has 2 N–H and O–H groups in total. The zero-order valence-corrected chi connectivity index (χ0v) is 13.8. The van der Waals surface area contributed by atoms with Gasteiger partial charge in [0, 0.05) is 26.6 Å². The van der Waals surface area contributed by atoms with Gasteiger partial charge in [-0.25, -0.2) is 0 Å². The number of β-amino-alcohol motifs (C(OH)–C–C–N with tert-alkyl or cyclic N) is 1. The second-order valence-electron chi connectivity index (χ2n) is 6.86. The number of amides is 2. The molecule has 126 valence electrons. The lowest BCUT2D eigenvalue weighted by molar-refractivity contribution is -0.150. The van der Waals surface area contributed by atoms with E-state index in [9.17, 15) is 14.7 Å². The molecular formula is C16H29N3O3. The minimum absolute atomic E-state index is 0.0895. The normalized spacial score (nSPS) is 27.7. The summed E-state index contributed by atoms with van der Waals surface area (Å²) in [5.41, 5.74) is -1.43. The van der Waals surface area contributed by atoms with Crippen molar-refractivity contribution in [2.45, 2.75) is 45.1 Å². The molecule has 2 aliphatic rings. The van der Waals surface area contributed by atoms with E-state index in [1.165, 1.54) is 19.8 Å². The first kappa shape index (κ1) is 17.2. The van der Waals surface area contributed by atoms with Crippen LogP contribution in [-0.2, 0) is 9.59 Å². The molecule has 2 saturated heterocycles. The molecule has 0 bridgehead atoms. The van der Waals surface area contributed by atoms with Gasteiger partial charge in [0.2, 0.25) is 5.91 Å². The number of nitrogens with zero attached hydrogens (tertiary/aromatic N) is 2. The van der Waals surface area contributed by atoms with Crippen molar-refractivity contribution in [2.24, 2.45) is 5.92 Å². The SMILES string of the molecule is CC(=O)N1CCC[C@](O)(C(=O)NCCN2CCC(C)CC2)C1. The smallest absolute Gasteiger partial charge is 0.253 e. The van der Waals surface area contributed by atoms with Gasteiger partial charge >= 0.3 is 0 Å². The fraction of sp³-hybridized carbons (Fsp3) is 0.875. The third-order valence-electron chi connectivity index (χ3n) is 4.93. The molecule has 22 heavy (non-hydrogen) atoms. The van der Waals surface area contributed by atoms with Crippen molar-refractivity contribution in [3.05, 3.63) is 0 Å². The summed E-state index contributed by atoms with van der Waals surface area (Å²) in [6.07, 6.45) is 3.51. The molecule has 1 atom stereocenters. The van der Waals surface area contributed by atoms with Gasteiger partial charge in [0.1, 0.15) is 0 Å². The highest BCUT2D eigenvalue weighted by Crippen LogP contribution is 2.21.